The van der Waals surface area contributed by atoms with E-state index in [2.05, 4.69) is 32.7 Å². The third-order valence-electron chi connectivity index (χ3n) is 5.44. The second kappa shape index (κ2) is 11.0. The zero-order chi connectivity index (χ0) is 26.8. The first-order valence-electron chi connectivity index (χ1n) is 11.7. The molecular weight excluding hydrogens is 621 g/mol. The van der Waals surface area contributed by atoms with Gasteiger partial charge in [-0.3, -0.25) is 4.79 Å². The topological polar surface area (TPSA) is 95.9 Å². The van der Waals surface area contributed by atoms with Crippen molar-refractivity contribution >= 4 is 68.2 Å². The van der Waals surface area contributed by atoms with E-state index in [4.69, 9.17) is 25.5 Å². The zero-order valence-electron chi connectivity index (χ0n) is 20.4. The first kappa shape index (κ1) is 25.9. The lowest BCUT2D eigenvalue weighted by atomic mass is 10.2. The third-order valence-corrected chi connectivity index (χ3v) is 6.52. The molecule has 0 fully saturated rings. The highest BCUT2D eigenvalue weighted by Crippen LogP contribution is 2.29. The largest absolute Gasteiger partial charge is 0.481 e. The van der Waals surface area contributed by atoms with Gasteiger partial charge in [-0.15, -0.1) is 0 Å². The van der Waals surface area contributed by atoms with Crippen LogP contribution in [-0.2, 0) is 9.53 Å². The molecule has 10 heteroatoms. The molecule has 0 unspecified atom stereocenters. The van der Waals surface area contributed by atoms with E-state index in [0.29, 0.717) is 38.6 Å². The standard InChI is InChI=1S/C28H21ClIN3O5/c1-16(2)37-26(34)15-36-24-9-7-17(11-21(24)30)14-31-33-27(32-22-6-4-3-5-20(22)28(33)35)25-13-18-12-19(29)8-10-23(18)38-25/h3-14,16H,15H2,1-2H3. The molecule has 0 aliphatic rings. The molecule has 5 rings (SSSR count). The van der Waals surface area contributed by atoms with Crippen molar-refractivity contribution in [2.75, 3.05) is 6.61 Å². The van der Waals surface area contributed by atoms with Gasteiger partial charge in [0.25, 0.3) is 5.56 Å². The van der Waals surface area contributed by atoms with Crippen molar-refractivity contribution in [3.8, 4) is 17.3 Å². The van der Waals surface area contributed by atoms with Crippen LogP contribution in [0.1, 0.15) is 19.4 Å². The van der Waals surface area contributed by atoms with E-state index in [-0.39, 0.29) is 24.1 Å². The Kier molecular flexibility index (Phi) is 7.48. The van der Waals surface area contributed by atoms with E-state index >= 15 is 0 Å². The van der Waals surface area contributed by atoms with Gasteiger partial charge in [-0.05, 0) is 96.6 Å². The lowest BCUT2D eigenvalue weighted by Crippen LogP contribution is -2.20. The van der Waals surface area contributed by atoms with Crippen LogP contribution in [0.2, 0.25) is 5.02 Å². The van der Waals surface area contributed by atoms with Crippen molar-refractivity contribution < 1.29 is 18.7 Å². The van der Waals surface area contributed by atoms with E-state index in [0.717, 1.165) is 8.96 Å². The van der Waals surface area contributed by atoms with Gasteiger partial charge in [0.1, 0.15) is 11.3 Å². The number of fused-ring (bicyclic) bond motifs is 2. The molecule has 5 aromatic rings. The lowest BCUT2D eigenvalue weighted by molar-refractivity contribution is -0.149. The number of para-hydroxylation sites is 1. The summed E-state index contributed by atoms with van der Waals surface area (Å²) in [4.78, 5) is 29.9. The Bertz CT molecular complexity index is 1760. The van der Waals surface area contributed by atoms with Gasteiger partial charge in [0, 0.05) is 10.4 Å². The highest BCUT2D eigenvalue weighted by atomic mass is 127. The average molecular weight is 642 g/mol. The summed E-state index contributed by atoms with van der Waals surface area (Å²) in [6.45, 7) is 3.37. The molecule has 0 aliphatic carbocycles. The fourth-order valence-electron chi connectivity index (χ4n) is 3.79. The summed E-state index contributed by atoms with van der Waals surface area (Å²) in [6, 6.07) is 19.5. The van der Waals surface area contributed by atoms with Crippen LogP contribution in [0.25, 0.3) is 33.5 Å². The summed E-state index contributed by atoms with van der Waals surface area (Å²) in [6.07, 6.45) is 1.35. The second-order valence-corrected chi connectivity index (χ2v) is 10.2. The molecule has 0 amide bonds. The maximum Gasteiger partial charge on any atom is 0.344 e. The van der Waals surface area contributed by atoms with Crippen LogP contribution >= 0.6 is 34.2 Å². The van der Waals surface area contributed by atoms with Crippen molar-refractivity contribution in [2.24, 2.45) is 5.10 Å². The summed E-state index contributed by atoms with van der Waals surface area (Å²) in [5.74, 6) is 0.740. The molecule has 0 radical (unpaired) electrons. The maximum absolute atomic E-state index is 13.4. The van der Waals surface area contributed by atoms with Gasteiger partial charge >= 0.3 is 5.97 Å². The average Bonchev–Trinajstić information content (AvgIpc) is 3.30. The van der Waals surface area contributed by atoms with E-state index in [1.807, 2.05) is 12.1 Å². The third kappa shape index (κ3) is 5.58. The number of furan rings is 1. The molecule has 0 saturated carbocycles. The molecule has 0 bridgehead atoms. The number of aromatic nitrogens is 2. The smallest absolute Gasteiger partial charge is 0.344 e. The Morgan fingerprint density at radius 3 is 2.76 bits per heavy atom. The van der Waals surface area contributed by atoms with Crippen LogP contribution < -0.4 is 10.3 Å². The van der Waals surface area contributed by atoms with E-state index < -0.39 is 5.97 Å². The first-order valence-corrected chi connectivity index (χ1v) is 13.1. The molecule has 0 aliphatic heterocycles. The molecule has 0 spiro atoms. The second-order valence-electron chi connectivity index (χ2n) is 8.62. The van der Waals surface area contributed by atoms with Crippen LogP contribution in [0.5, 0.6) is 5.75 Å². The molecule has 0 atom stereocenters. The molecule has 38 heavy (non-hydrogen) atoms. The van der Waals surface area contributed by atoms with Crippen LogP contribution in [-0.4, -0.2) is 34.6 Å². The van der Waals surface area contributed by atoms with Gasteiger partial charge in [-0.2, -0.15) is 9.78 Å². The molecule has 8 nitrogen and oxygen atoms in total. The number of hydrogen-bond donors (Lipinski definition) is 0. The molecular formula is C28H21ClIN3O5. The van der Waals surface area contributed by atoms with Crippen LogP contribution in [0.3, 0.4) is 0 Å². The van der Waals surface area contributed by atoms with E-state index in [1.54, 1.807) is 74.7 Å². The SMILES string of the molecule is CC(C)OC(=O)COc1ccc(C=Nn2c(-c3cc4cc(Cl)ccc4o3)nc3ccccc3c2=O)cc1I. The summed E-state index contributed by atoms with van der Waals surface area (Å²) >= 11 is 8.25. The molecule has 0 saturated heterocycles. The molecule has 0 N–H and O–H groups in total. The minimum Gasteiger partial charge on any atom is -0.481 e. The fourth-order valence-corrected chi connectivity index (χ4v) is 4.66. The lowest BCUT2D eigenvalue weighted by Gasteiger charge is -2.11. The maximum atomic E-state index is 13.4. The fraction of sp³-hybridized carbons (Fsp3) is 0.143. The summed E-state index contributed by atoms with van der Waals surface area (Å²) in [7, 11) is 0. The minimum atomic E-state index is -0.440. The van der Waals surface area contributed by atoms with Crippen molar-refractivity contribution in [3.05, 3.63) is 91.2 Å². The van der Waals surface area contributed by atoms with Crippen molar-refractivity contribution in [2.45, 2.75) is 20.0 Å². The number of rotatable bonds is 7. The highest BCUT2D eigenvalue weighted by Gasteiger charge is 2.17. The van der Waals surface area contributed by atoms with E-state index in [9.17, 15) is 9.59 Å². The van der Waals surface area contributed by atoms with Gasteiger partial charge in [0.05, 0.1) is 26.8 Å². The number of halogens is 2. The minimum absolute atomic E-state index is 0.189. The number of ether oxygens (including phenoxy) is 2. The summed E-state index contributed by atoms with van der Waals surface area (Å²) < 4.78 is 18.7. The predicted octanol–water partition coefficient (Wildman–Crippen LogP) is 6.28. The first-order chi connectivity index (χ1) is 18.3. The van der Waals surface area contributed by atoms with Gasteiger partial charge in [0.15, 0.2) is 12.4 Å². The molecule has 2 aromatic heterocycles. The molecule has 3 aromatic carbocycles. The van der Waals surface area contributed by atoms with Crippen molar-refractivity contribution in [1.82, 2.24) is 9.66 Å². The van der Waals surface area contributed by atoms with E-state index in [1.165, 1.54) is 4.68 Å². The van der Waals surface area contributed by atoms with Gasteiger partial charge in [0.2, 0.25) is 5.82 Å². The Balaban J connectivity index is 1.50. The monoisotopic (exact) mass is 641 g/mol. The predicted molar refractivity (Wildman–Crippen MR) is 155 cm³/mol. The van der Waals surface area contributed by atoms with Gasteiger partial charge in [-0.1, -0.05) is 23.7 Å². The van der Waals surface area contributed by atoms with Crippen molar-refractivity contribution in [3.63, 3.8) is 0 Å². The van der Waals surface area contributed by atoms with Crippen molar-refractivity contribution in [1.29, 1.82) is 0 Å². The normalized spacial score (nSPS) is 11.6. The quantitative estimate of drug-likeness (QED) is 0.118. The summed E-state index contributed by atoms with van der Waals surface area (Å²) in [5, 5.41) is 6.27. The van der Waals surface area contributed by atoms with Crippen LogP contribution in [0, 0.1) is 3.57 Å². The number of esters is 1. The Hall–Kier alpha value is -3.70. The number of nitrogens with zero attached hydrogens (tertiary/aromatic N) is 3. The Morgan fingerprint density at radius 2 is 1.97 bits per heavy atom. The Morgan fingerprint density at radius 1 is 1.16 bits per heavy atom. The summed E-state index contributed by atoms with van der Waals surface area (Å²) in [5.41, 5.74) is 1.53. The number of carbonyl (C=O) groups is 1. The van der Waals surface area contributed by atoms with Gasteiger partial charge < -0.3 is 13.9 Å². The number of hydrogen-bond acceptors (Lipinski definition) is 7. The van der Waals surface area contributed by atoms with Crippen LogP contribution in [0.15, 0.2) is 81.0 Å². The molecule has 2 heterocycles. The molecule has 192 valence electrons. The van der Waals surface area contributed by atoms with Crippen LogP contribution in [0.4, 0.5) is 0 Å². The highest BCUT2D eigenvalue weighted by molar-refractivity contribution is 14.1. The van der Waals surface area contributed by atoms with Gasteiger partial charge in [-0.25, -0.2) is 9.78 Å². The Labute approximate surface area is 236 Å². The number of benzene rings is 3. The zero-order valence-corrected chi connectivity index (χ0v) is 23.3. The number of carbonyl (C=O) groups excluding carboxylic acids is 1.